The number of anilines is 2. The molecule has 3 saturated heterocycles. The minimum atomic E-state index is -0.827. The van der Waals surface area contributed by atoms with Crippen molar-refractivity contribution in [1.82, 2.24) is 19.8 Å². The fraction of sp³-hybridized carbons (Fsp3) is 0.643. The zero-order valence-corrected chi connectivity index (χ0v) is 21.7. The summed E-state index contributed by atoms with van der Waals surface area (Å²) in [5.41, 5.74) is 1.66. The smallest absolute Gasteiger partial charge is 0.227 e. The molecule has 3 aliphatic heterocycles. The molecule has 1 aromatic heterocycles. The Balaban J connectivity index is 1.44. The molecule has 1 aromatic carbocycles. The molecule has 0 spiro atoms. The molecule has 3 fully saturated rings. The van der Waals surface area contributed by atoms with E-state index in [4.69, 9.17) is 14.7 Å². The summed E-state index contributed by atoms with van der Waals surface area (Å²) >= 11 is 0. The minimum absolute atomic E-state index is 0.346. The lowest BCUT2D eigenvalue weighted by atomic mass is 10.0. The maximum Gasteiger partial charge on any atom is 0.227 e. The van der Waals surface area contributed by atoms with E-state index in [1.54, 1.807) is 7.11 Å². The van der Waals surface area contributed by atoms with Gasteiger partial charge in [-0.15, -0.1) is 0 Å². The lowest BCUT2D eigenvalue weighted by Crippen LogP contribution is -2.39. The van der Waals surface area contributed by atoms with Crippen LogP contribution in [0.15, 0.2) is 12.1 Å². The van der Waals surface area contributed by atoms with Gasteiger partial charge in [-0.05, 0) is 63.9 Å². The van der Waals surface area contributed by atoms with E-state index in [-0.39, 0.29) is 0 Å². The van der Waals surface area contributed by atoms with Crippen LogP contribution in [0.3, 0.4) is 0 Å². The molecule has 0 aliphatic carbocycles. The molecule has 8 heteroatoms. The van der Waals surface area contributed by atoms with Crippen LogP contribution in [-0.2, 0) is 0 Å². The van der Waals surface area contributed by atoms with Crippen molar-refractivity contribution < 1.29 is 9.13 Å². The third kappa shape index (κ3) is 5.84. The Labute approximate surface area is 214 Å². The van der Waals surface area contributed by atoms with Crippen molar-refractivity contribution in [2.45, 2.75) is 57.7 Å². The number of methoxy groups -OCH3 is 1. The number of nitrogens with zero attached hydrogens (tertiary/aromatic N) is 5. The molecule has 7 nitrogen and oxygen atoms in total. The second-order valence-corrected chi connectivity index (χ2v) is 10.2. The highest BCUT2D eigenvalue weighted by Crippen LogP contribution is 2.32. The van der Waals surface area contributed by atoms with Crippen LogP contribution in [0.5, 0.6) is 5.75 Å². The molecule has 3 aliphatic rings. The van der Waals surface area contributed by atoms with Crippen molar-refractivity contribution >= 4 is 22.7 Å². The van der Waals surface area contributed by atoms with Crippen LogP contribution < -0.4 is 15.0 Å². The van der Waals surface area contributed by atoms with E-state index in [1.165, 1.54) is 25.9 Å². The quantitative estimate of drug-likeness (QED) is 0.586. The first kappa shape index (κ1) is 25.0. The second-order valence-electron chi connectivity index (χ2n) is 10.2. The van der Waals surface area contributed by atoms with Crippen molar-refractivity contribution in [3.05, 3.63) is 17.7 Å². The van der Waals surface area contributed by atoms with Gasteiger partial charge in [0.15, 0.2) is 0 Å². The van der Waals surface area contributed by atoms with Gasteiger partial charge in [0.25, 0.3) is 0 Å². The third-order valence-corrected chi connectivity index (χ3v) is 7.77. The van der Waals surface area contributed by atoms with Gasteiger partial charge < -0.3 is 24.8 Å². The van der Waals surface area contributed by atoms with Gasteiger partial charge in [-0.25, -0.2) is 9.37 Å². The highest BCUT2D eigenvalue weighted by atomic mass is 19.1. The monoisotopic (exact) mass is 494 g/mol. The van der Waals surface area contributed by atoms with Crippen LogP contribution in [0.2, 0.25) is 0 Å². The molecule has 0 unspecified atom stereocenters. The minimum Gasteiger partial charge on any atom is -0.495 e. The summed E-state index contributed by atoms with van der Waals surface area (Å²) in [5.74, 6) is 8.80. The summed E-state index contributed by atoms with van der Waals surface area (Å²) in [7, 11) is 1.69. The van der Waals surface area contributed by atoms with Crippen LogP contribution in [0.1, 0.15) is 51.0 Å². The molecule has 0 radical (unpaired) electrons. The van der Waals surface area contributed by atoms with Crippen LogP contribution in [0, 0.1) is 11.8 Å². The number of alkyl halides is 1. The van der Waals surface area contributed by atoms with Crippen molar-refractivity contribution in [3.8, 4) is 17.6 Å². The van der Waals surface area contributed by atoms with Gasteiger partial charge in [-0.2, -0.15) is 4.98 Å². The summed E-state index contributed by atoms with van der Waals surface area (Å²) in [5, 5.41) is 4.63. The zero-order valence-electron chi connectivity index (χ0n) is 21.7. The lowest BCUT2D eigenvalue weighted by Gasteiger charge is -2.32. The number of aromatic nitrogens is 2. The number of fused-ring (bicyclic) bond motifs is 1. The average molecular weight is 495 g/mol. The Bertz CT molecular complexity index is 1100. The average Bonchev–Trinajstić information content (AvgIpc) is 3.58. The van der Waals surface area contributed by atoms with E-state index in [2.05, 4.69) is 33.9 Å². The first-order chi connectivity index (χ1) is 17.6. The molecule has 0 amide bonds. The summed E-state index contributed by atoms with van der Waals surface area (Å²) in [6, 6.07) is 4.37. The molecule has 0 bridgehead atoms. The molecular weight excluding hydrogens is 455 g/mol. The molecule has 5 rings (SSSR count). The van der Waals surface area contributed by atoms with E-state index in [1.807, 2.05) is 17.0 Å². The zero-order chi connectivity index (χ0) is 24.9. The van der Waals surface area contributed by atoms with Crippen LogP contribution >= 0.6 is 0 Å². The van der Waals surface area contributed by atoms with Gasteiger partial charge in [0.05, 0.1) is 24.7 Å². The third-order valence-electron chi connectivity index (χ3n) is 7.77. The molecule has 1 atom stereocenters. The predicted molar refractivity (Wildman–Crippen MR) is 144 cm³/mol. The fourth-order valence-corrected chi connectivity index (χ4v) is 5.53. The van der Waals surface area contributed by atoms with E-state index in [0.717, 1.165) is 73.5 Å². The number of halogens is 1. The molecule has 1 N–H and O–H groups in total. The van der Waals surface area contributed by atoms with E-state index in [0.29, 0.717) is 31.5 Å². The van der Waals surface area contributed by atoms with E-state index >= 15 is 0 Å². The number of hydrogen-bond acceptors (Lipinski definition) is 7. The molecular formula is C28H39FN6O. The highest BCUT2D eigenvalue weighted by molar-refractivity contribution is 5.93. The topological polar surface area (TPSA) is 56.8 Å². The van der Waals surface area contributed by atoms with Gasteiger partial charge in [0.2, 0.25) is 5.95 Å². The van der Waals surface area contributed by atoms with Crippen LogP contribution in [0.4, 0.5) is 16.2 Å². The van der Waals surface area contributed by atoms with E-state index < -0.39 is 6.17 Å². The predicted octanol–water partition coefficient (Wildman–Crippen LogP) is 3.92. The van der Waals surface area contributed by atoms with Gasteiger partial charge >= 0.3 is 0 Å². The van der Waals surface area contributed by atoms with Gasteiger partial charge in [-0.1, -0.05) is 18.8 Å². The standard InChI is InChI=1S/C28H39FN6O/c1-3-33-15-10-23(11-16-33)30-27-24-19-26(36-2)21(8-4-5-12-34-13-6-7-14-34)18-25(24)31-28(32-27)35-17-9-22(29)20-35/h18-19,22-23H,3,5-7,9-17,20H2,1-2H3,(H,30,31,32)/t22-/m1/s1. The van der Waals surface area contributed by atoms with Crippen LogP contribution in [0.25, 0.3) is 10.9 Å². The van der Waals surface area contributed by atoms with Gasteiger partial charge in [0.1, 0.15) is 17.7 Å². The first-order valence-electron chi connectivity index (χ1n) is 13.6. The van der Waals surface area contributed by atoms with Crippen LogP contribution in [-0.4, -0.2) is 91.4 Å². The number of hydrogen-bond donors (Lipinski definition) is 1. The van der Waals surface area contributed by atoms with Crippen molar-refractivity contribution in [1.29, 1.82) is 0 Å². The Morgan fingerprint density at radius 1 is 1.06 bits per heavy atom. The second kappa shape index (κ2) is 11.6. The van der Waals surface area contributed by atoms with Gasteiger partial charge in [-0.3, -0.25) is 0 Å². The summed E-state index contributed by atoms with van der Waals surface area (Å²) < 4.78 is 19.7. The number of benzene rings is 1. The first-order valence-corrected chi connectivity index (χ1v) is 13.6. The summed E-state index contributed by atoms with van der Waals surface area (Å²) in [6.45, 7) is 9.84. The summed E-state index contributed by atoms with van der Waals surface area (Å²) in [4.78, 5) is 16.7. The molecule has 2 aromatic rings. The Kier molecular flexibility index (Phi) is 8.08. The summed E-state index contributed by atoms with van der Waals surface area (Å²) in [6.07, 6.45) is 5.27. The number of rotatable bonds is 7. The fourth-order valence-electron chi connectivity index (χ4n) is 5.53. The molecule has 36 heavy (non-hydrogen) atoms. The molecule has 0 saturated carbocycles. The highest BCUT2D eigenvalue weighted by Gasteiger charge is 2.26. The maximum absolute atomic E-state index is 14.0. The van der Waals surface area contributed by atoms with Gasteiger partial charge in [0, 0.05) is 44.0 Å². The van der Waals surface area contributed by atoms with E-state index in [9.17, 15) is 4.39 Å². The maximum atomic E-state index is 14.0. The molecule has 4 heterocycles. The lowest BCUT2D eigenvalue weighted by molar-refractivity contribution is 0.229. The number of likely N-dealkylation sites (tertiary alicyclic amines) is 2. The number of piperidine rings is 1. The normalized spacial score (nSPS) is 21.6. The SMILES string of the molecule is CCN1CCC(Nc2nc(N3CC[C@@H](F)C3)nc3cc(C#CCCN4CCCC4)c(OC)cc23)CC1. The Morgan fingerprint density at radius 3 is 2.56 bits per heavy atom. The number of nitrogens with one attached hydrogen (secondary N) is 1. The Morgan fingerprint density at radius 2 is 1.86 bits per heavy atom. The van der Waals surface area contributed by atoms with Crippen molar-refractivity contribution in [2.75, 3.05) is 69.7 Å². The largest absolute Gasteiger partial charge is 0.495 e. The number of ether oxygens (including phenoxy) is 1. The molecule has 194 valence electrons. The van der Waals surface area contributed by atoms with Crippen molar-refractivity contribution in [3.63, 3.8) is 0 Å². The van der Waals surface area contributed by atoms with Crippen molar-refractivity contribution in [2.24, 2.45) is 0 Å². The Hall–Kier alpha value is -2.63.